The quantitative estimate of drug-likeness (QED) is 0.657. The fourth-order valence-corrected chi connectivity index (χ4v) is 9.91. The van der Waals surface area contributed by atoms with E-state index in [-0.39, 0.29) is 11.8 Å². The highest BCUT2D eigenvalue weighted by Gasteiger charge is 2.50. The zero-order chi connectivity index (χ0) is 19.1. The van der Waals surface area contributed by atoms with Crippen molar-refractivity contribution in [3.63, 3.8) is 0 Å². The molecule has 2 aromatic rings. The first-order valence-corrected chi connectivity index (χ1v) is 16.9. The largest absolute Gasteiger partial charge is 0.324 e. The number of fused-ring (bicyclic) bond motifs is 1. The number of carbonyl (C=O) groups excluding carboxylic acids is 1. The molecule has 2 unspecified atom stereocenters. The van der Waals surface area contributed by atoms with Gasteiger partial charge in [-0.05, 0) is 23.2 Å². The summed E-state index contributed by atoms with van der Waals surface area (Å²) in [5.41, 5.74) is 2.88. The molecule has 0 aliphatic heterocycles. The molecular formula is C21H32N2OSi2. The molecule has 5 heteroatoms. The zero-order valence-corrected chi connectivity index (χ0v) is 19.0. The van der Waals surface area contributed by atoms with E-state index < -0.39 is 16.1 Å². The van der Waals surface area contributed by atoms with Crippen molar-refractivity contribution in [1.29, 1.82) is 0 Å². The van der Waals surface area contributed by atoms with Crippen LogP contribution in [0.4, 0.5) is 5.69 Å². The van der Waals surface area contributed by atoms with Gasteiger partial charge in [0.05, 0.1) is 11.2 Å². The van der Waals surface area contributed by atoms with Crippen LogP contribution in [0.15, 0.2) is 36.5 Å². The van der Waals surface area contributed by atoms with Crippen LogP contribution in [0, 0.1) is 5.92 Å². The summed E-state index contributed by atoms with van der Waals surface area (Å²) in [4.78, 5) is 18.0. The first-order valence-electron chi connectivity index (χ1n) is 9.73. The van der Waals surface area contributed by atoms with Gasteiger partial charge in [-0.3, -0.25) is 9.78 Å². The Kier molecular flexibility index (Phi) is 5.14. The van der Waals surface area contributed by atoms with Gasteiger partial charge in [0.15, 0.2) is 0 Å². The molecule has 0 saturated heterocycles. The molecule has 1 aliphatic rings. The van der Waals surface area contributed by atoms with E-state index in [1.807, 2.05) is 30.3 Å². The van der Waals surface area contributed by atoms with Crippen molar-refractivity contribution in [1.82, 2.24) is 4.98 Å². The van der Waals surface area contributed by atoms with Gasteiger partial charge in [-0.25, -0.2) is 0 Å². The lowest BCUT2D eigenvalue weighted by atomic mass is 10.1. The number of benzene rings is 1. The average molecular weight is 385 g/mol. The molecular weight excluding hydrogens is 352 g/mol. The molecule has 1 saturated carbocycles. The van der Waals surface area contributed by atoms with E-state index in [2.05, 4.69) is 49.6 Å². The van der Waals surface area contributed by atoms with Gasteiger partial charge in [0, 0.05) is 33.6 Å². The number of pyridine rings is 1. The number of para-hydroxylation sites is 1. The number of carbonyl (C=O) groups is 1. The first kappa shape index (κ1) is 19.3. The predicted molar refractivity (Wildman–Crippen MR) is 117 cm³/mol. The molecule has 26 heavy (non-hydrogen) atoms. The van der Waals surface area contributed by atoms with E-state index in [4.69, 9.17) is 0 Å². The van der Waals surface area contributed by atoms with Crippen molar-refractivity contribution in [2.75, 3.05) is 5.32 Å². The summed E-state index contributed by atoms with van der Waals surface area (Å²) in [7, 11) is -2.79. The van der Waals surface area contributed by atoms with Crippen molar-refractivity contribution in [3.05, 3.63) is 36.5 Å². The van der Waals surface area contributed by atoms with Crippen LogP contribution in [0.1, 0.15) is 12.8 Å². The predicted octanol–water partition coefficient (Wildman–Crippen LogP) is 6.00. The van der Waals surface area contributed by atoms with Gasteiger partial charge >= 0.3 is 0 Å². The Bertz CT molecular complexity index is 780. The lowest BCUT2D eigenvalue weighted by molar-refractivity contribution is -0.119. The number of hydrogen-bond acceptors (Lipinski definition) is 2. The summed E-state index contributed by atoms with van der Waals surface area (Å²) >= 11 is 0. The number of amides is 1. The number of anilines is 1. The minimum absolute atomic E-state index is 0.160. The maximum Gasteiger partial charge on any atom is 0.227 e. The fourth-order valence-electron chi connectivity index (χ4n) is 4.73. The van der Waals surface area contributed by atoms with Crippen molar-refractivity contribution in [2.45, 2.75) is 63.2 Å². The Morgan fingerprint density at radius 3 is 2.12 bits per heavy atom. The molecule has 2 atom stereocenters. The van der Waals surface area contributed by atoms with E-state index in [9.17, 15) is 4.79 Å². The highest BCUT2D eigenvalue weighted by molar-refractivity contribution is 6.80. The minimum atomic E-state index is -1.40. The van der Waals surface area contributed by atoms with Crippen LogP contribution in [0.25, 0.3) is 10.9 Å². The van der Waals surface area contributed by atoms with Crippen molar-refractivity contribution in [3.8, 4) is 0 Å². The number of hydrogen-bond donors (Lipinski definition) is 1. The van der Waals surface area contributed by atoms with E-state index in [1.54, 1.807) is 6.20 Å². The van der Waals surface area contributed by atoms with E-state index >= 15 is 0 Å². The standard InChI is InChI=1S/C21H32N2OSi2/c1-25(2,3)17-12-13-18(26(4,5)6)19(17)21(24)23-16-11-7-9-15-10-8-14-22-20(15)16/h7-11,14,17-19H,12-13H2,1-6H3,(H,23,24). The molecule has 1 heterocycles. The number of rotatable bonds is 4. The van der Waals surface area contributed by atoms with Crippen molar-refractivity contribution >= 4 is 38.6 Å². The van der Waals surface area contributed by atoms with Crippen molar-refractivity contribution < 1.29 is 4.79 Å². The smallest absolute Gasteiger partial charge is 0.227 e. The van der Waals surface area contributed by atoms with Crippen LogP contribution in [-0.4, -0.2) is 27.0 Å². The maximum absolute atomic E-state index is 13.5. The lowest BCUT2D eigenvalue weighted by Gasteiger charge is -2.36. The van der Waals surface area contributed by atoms with E-state index in [1.165, 1.54) is 12.8 Å². The van der Waals surface area contributed by atoms with Crippen LogP contribution in [0.5, 0.6) is 0 Å². The third kappa shape index (κ3) is 3.79. The molecule has 0 radical (unpaired) electrons. The van der Waals surface area contributed by atoms with Crippen LogP contribution in [0.2, 0.25) is 50.4 Å². The molecule has 0 spiro atoms. The lowest BCUT2D eigenvalue weighted by Crippen LogP contribution is -2.42. The van der Waals surface area contributed by atoms with Gasteiger partial charge in [-0.2, -0.15) is 0 Å². The third-order valence-corrected chi connectivity index (χ3v) is 11.8. The Morgan fingerprint density at radius 2 is 1.54 bits per heavy atom. The summed E-state index contributed by atoms with van der Waals surface area (Å²) in [6.45, 7) is 14.5. The van der Waals surface area contributed by atoms with Gasteiger partial charge in [0.2, 0.25) is 5.91 Å². The van der Waals surface area contributed by atoms with Crippen LogP contribution < -0.4 is 5.32 Å². The van der Waals surface area contributed by atoms with Crippen LogP contribution in [-0.2, 0) is 4.79 Å². The molecule has 1 aromatic heterocycles. The van der Waals surface area contributed by atoms with E-state index in [0.717, 1.165) is 16.6 Å². The minimum Gasteiger partial charge on any atom is -0.324 e. The second-order valence-electron chi connectivity index (χ2n) is 9.92. The summed E-state index contributed by atoms with van der Waals surface area (Å²) in [5.74, 6) is 0.382. The summed E-state index contributed by atoms with van der Waals surface area (Å²) in [6, 6.07) is 10.0. The van der Waals surface area contributed by atoms with Crippen molar-refractivity contribution in [2.24, 2.45) is 5.92 Å². The molecule has 1 fully saturated rings. The third-order valence-electron chi connectivity index (χ3n) is 6.07. The average Bonchev–Trinajstić information content (AvgIpc) is 3.01. The number of nitrogens with zero attached hydrogens (tertiary/aromatic N) is 1. The maximum atomic E-state index is 13.5. The van der Waals surface area contributed by atoms with Gasteiger partial charge in [-0.15, -0.1) is 0 Å². The van der Waals surface area contributed by atoms with Gasteiger partial charge < -0.3 is 5.32 Å². The van der Waals surface area contributed by atoms with Crippen LogP contribution >= 0.6 is 0 Å². The number of aromatic nitrogens is 1. The Labute approximate surface area is 159 Å². The second kappa shape index (κ2) is 6.93. The highest BCUT2D eigenvalue weighted by Crippen LogP contribution is 2.54. The molecule has 140 valence electrons. The van der Waals surface area contributed by atoms with E-state index in [0.29, 0.717) is 11.1 Å². The molecule has 1 aliphatic carbocycles. The second-order valence-corrected chi connectivity index (χ2v) is 20.9. The molecule has 3 nitrogen and oxygen atoms in total. The molecule has 1 N–H and O–H groups in total. The highest BCUT2D eigenvalue weighted by atomic mass is 28.3. The number of nitrogens with one attached hydrogen (secondary N) is 1. The normalized spacial score (nSPS) is 24.0. The van der Waals surface area contributed by atoms with Gasteiger partial charge in [-0.1, -0.05) is 70.3 Å². The first-order chi connectivity index (χ1) is 12.1. The summed E-state index contributed by atoms with van der Waals surface area (Å²) < 4.78 is 0. The zero-order valence-electron chi connectivity index (χ0n) is 17.0. The molecule has 1 amide bonds. The molecule has 3 rings (SSSR count). The fraction of sp³-hybridized carbons (Fsp3) is 0.524. The summed E-state index contributed by atoms with van der Waals surface area (Å²) in [6.07, 6.45) is 4.23. The van der Waals surface area contributed by atoms with Gasteiger partial charge in [0.25, 0.3) is 0 Å². The molecule has 0 bridgehead atoms. The Morgan fingerprint density at radius 1 is 0.962 bits per heavy atom. The Balaban J connectivity index is 1.94. The molecule has 1 aromatic carbocycles. The summed E-state index contributed by atoms with van der Waals surface area (Å²) in [5, 5.41) is 4.34. The topological polar surface area (TPSA) is 42.0 Å². The SMILES string of the molecule is C[Si](C)(C)C1CCC([Si](C)(C)C)C1C(=O)Nc1cccc2cccnc12. The van der Waals surface area contributed by atoms with Crippen LogP contribution in [0.3, 0.4) is 0 Å². The Hall–Kier alpha value is -1.47. The monoisotopic (exact) mass is 384 g/mol. The van der Waals surface area contributed by atoms with Gasteiger partial charge in [0.1, 0.15) is 0 Å².